The van der Waals surface area contributed by atoms with Crippen molar-refractivity contribution in [2.24, 2.45) is 0 Å². The number of nitrogens with one attached hydrogen (secondary N) is 1. The van der Waals surface area contributed by atoms with Crippen LogP contribution in [0.15, 0.2) is 40.9 Å². The SMILES string of the molecule is N#Cc1cc(F)ccc1NC1CCOc2ccc(Br)cc21. The zero-order valence-electron chi connectivity index (χ0n) is 11.1. The zero-order chi connectivity index (χ0) is 14.8. The van der Waals surface area contributed by atoms with Gasteiger partial charge in [0.2, 0.25) is 0 Å². The van der Waals surface area contributed by atoms with E-state index in [1.165, 1.54) is 12.1 Å². The number of ether oxygens (including phenoxy) is 1. The van der Waals surface area contributed by atoms with Gasteiger partial charge in [-0.2, -0.15) is 5.26 Å². The van der Waals surface area contributed by atoms with Crippen LogP contribution in [-0.4, -0.2) is 6.61 Å². The highest BCUT2D eigenvalue weighted by molar-refractivity contribution is 9.10. The van der Waals surface area contributed by atoms with Gasteiger partial charge in [-0.3, -0.25) is 0 Å². The van der Waals surface area contributed by atoms with Gasteiger partial charge in [0.25, 0.3) is 0 Å². The Morgan fingerprint density at radius 2 is 2.14 bits per heavy atom. The molecule has 1 unspecified atom stereocenters. The largest absolute Gasteiger partial charge is 0.493 e. The molecule has 0 spiro atoms. The van der Waals surface area contributed by atoms with Crippen LogP contribution in [0.2, 0.25) is 0 Å². The fraction of sp³-hybridized carbons (Fsp3) is 0.188. The number of fused-ring (bicyclic) bond motifs is 1. The van der Waals surface area contributed by atoms with Crippen molar-refractivity contribution in [2.75, 3.05) is 11.9 Å². The van der Waals surface area contributed by atoms with E-state index in [1.54, 1.807) is 6.07 Å². The molecule has 0 amide bonds. The van der Waals surface area contributed by atoms with Gasteiger partial charge in [-0.25, -0.2) is 4.39 Å². The minimum absolute atomic E-state index is 0.0313. The molecule has 5 heteroatoms. The lowest BCUT2D eigenvalue weighted by Gasteiger charge is -2.28. The van der Waals surface area contributed by atoms with Crippen LogP contribution in [-0.2, 0) is 0 Å². The molecule has 1 aliphatic heterocycles. The van der Waals surface area contributed by atoms with Crippen molar-refractivity contribution >= 4 is 21.6 Å². The molecule has 3 nitrogen and oxygen atoms in total. The van der Waals surface area contributed by atoms with Crippen LogP contribution in [0.5, 0.6) is 5.75 Å². The first-order valence-corrected chi connectivity index (χ1v) is 7.35. The number of hydrogen-bond donors (Lipinski definition) is 1. The van der Waals surface area contributed by atoms with Gasteiger partial charge < -0.3 is 10.1 Å². The molecule has 0 radical (unpaired) electrons. The van der Waals surface area contributed by atoms with Crippen LogP contribution in [0.25, 0.3) is 0 Å². The van der Waals surface area contributed by atoms with Gasteiger partial charge in [0.15, 0.2) is 0 Å². The number of nitriles is 1. The molecule has 106 valence electrons. The van der Waals surface area contributed by atoms with E-state index in [0.29, 0.717) is 17.9 Å². The second kappa shape index (κ2) is 5.74. The second-order valence-corrected chi connectivity index (χ2v) is 5.73. The van der Waals surface area contributed by atoms with Crippen LogP contribution in [0.4, 0.5) is 10.1 Å². The molecule has 2 aromatic rings. The van der Waals surface area contributed by atoms with Gasteiger partial charge in [0, 0.05) is 16.5 Å². The Hall–Kier alpha value is -2.06. The minimum atomic E-state index is -0.410. The fourth-order valence-corrected chi connectivity index (χ4v) is 2.82. The molecule has 0 saturated heterocycles. The Balaban J connectivity index is 1.94. The zero-order valence-corrected chi connectivity index (χ0v) is 12.7. The normalized spacial score (nSPS) is 16.5. The third-order valence-corrected chi connectivity index (χ3v) is 3.94. The molecule has 0 aliphatic carbocycles. The van der Waals surface area contributed by atoms with Crippen LogP contribution >= 0.6 is 15.9 Å². The molecular formula is C16H12BrFN2O. The van der Waals surface area contributed by atoms with Gasteiger partial charge in [-0.05, 0) is 36.4 Å². The highest BCUT2D eigenvalue weighted by Gasteiger charge is 2.22. The molecule has 0 fully saturated rings. The number of benzene rings is 2. The van der Waals surface area contributed by atoms with Crippen LogP contribution in [0.1, 0.15) is 23.6 Å². The molecule has 0 saturated carbocycles. The molecule has 0 bridgehead atoms. The van der Waals surface area contributed by atoms with Crippen molar-refractivity contribution in [1.29, 1.82) is 5.26 Å². The Kier molecular flexibility index (Phi) is 3.80. The summed E-state index contributed by atoms with van der Waals surface area (Å²) in [6.07, 6.45) is 0.783. The van der Waals surface area contributed by atoms with E-state index in [2.05, 4.69) is 21.2 Å². The minimum Gasteiger partial charge on any atom is -0.493 e. The molecular weight excluding hydrogens is 335 g/mol. The van der Waals surface area contributed by atoms with Crippen molar-refractivity contribution in [3.05, 3.63) is 57.8 Å². The van der Waals surface area contributed by atoms with Crippen LogP contribution < -0.4 is 10.1 Å². The first-order chi connectivity index (χ1) is 10.2. The number of nitrogens with zero attached hydrogens (tertiary/aromatic N) is 1. The lowest BCUT2D eigenvalue weighted by atomic mass is 10.00. The van der Waals surface area contributed by atoms with Crippen molar-refractivity contribution in [1.82, 2.24) is 0 Å². The fourth-order valence-electron chi connectivity index (χ4n) is 2.44. The summed E-state index contributed by atoms with van der Waals surface area (Å²) in [4.78, 5) is 0. The van der Waals surface area contributed by atoms with E-state index in [0.717, 1.165) is 22.2 Å². The second-order valence-electron chi connectivity index (χ2n) is 4.82. The third-order valence-electron chi connectivity index (χ3n) is 3.44. The van der Waals surface area contributed by atoms with Crippen LogP contribution in [0, 0.1) is 17.1 Å². The van der Waals surface area contributed by atoms with E-state index in [9.17, 15) is 4.39 Å². The molecule has 3 rings (SSSR count). The average molecular weight is 347 g/mol. The van der Waals surface area contributed by atoms with E-state index < -0.39 is 5.82 Å². The third kappa shape index (κ3) is 2.86. The molecule has 21 heavy (non-hydrogen) atoms. The van der Waals surface area contributed by atoms with Crippen LogP contribution in [0.3, 0.4) is 0 Å². The Morgan fingerprint density at radius 3 is 2.95 bits per heavy atom. The maximum atomic E-state index is 13.2. The molecule has 1 N–H and O–H groups in total. The van der Waals surface area contributed by atoms with E-state index in [-0.39, 0.29) is 6.04 Å². The van der Waals surface area contributed by atoms with Crippen molar-refractivity contribution in [3.8, 4) is 11.8 Å². The summed E-state index contributed by atoms with van der Waals surface area (Å²) in [5, 5.41) is 12.4. The molecule has 0 aromatic heterocycles. The van der Waals surface area contributed by atoms with Crippen molar-refractivity contribution in [2.45, 2.75) is 12.5 Å². The number of rotatable bonds is 2. The van der Waals surface area contributed by atoms with E-state index in [4.69, 9.17) is 10.00 Å². The Labute approximate surface area is 130 Å². The van der Waals surface area contributed by atoms with Gasteiger partial charge in [-0.15, -0.1) is 0 Å². The van der Waals surface area contributed by atoms with Gasteiger partial charge in [0.05, 0.1) is 23.9 Å². The van der Waals surface area contributed by atoms with Gasteiger partial charge in [0.1, 0.15) is 17.6 Å². The summed E-state index contributed by atoms with van der Waals surface area (Å²) < 4.78 is 19.8. The molecule has 2 aromatic carbocycles. The maximum absolute atomic E-state index is 13.2. The quantitative estimate of drug-likeness (QED) is 0.876. The van der Waals surface area contributed by atoms with Gasteiger partial charge >= 0.3 is 0 Å². The first kappa shape index (κ1) is 13.9. The summed E-state index contributed by atoms with van der Waals surface area (Å²) in [5.41, 5.74) is 1.97. The topological polar surface area (TPSA) is 45.0 Å². The standard InChI is InChI=1S/C16H12BrFN2O/c17-11-1-4-16-13(8-11)15(5-6-21-16)20-14-3-2-12(18)7-10(14)9-19/h1-4,7-8,15,20H,5-6H2. The summed E-state index contributed by atoms with van der Waals surface area (Å²) in [6, 6.07) is 12.1. The number of hydrogen-bond acceptors (Lipinski definition) is 3. The smallest absolute Gasteiger partial charge is 0.124 e. The molecule has 1 heterocycles. The number of halogens is 2. The van der Waals surface area contributed by atoms with Crippen molar-refractivity contribution in [3.63, 3.8) is 0 Å². The summed E-state index contributed by atoms with van der Waals surface area (Å²) in [7, 11) is 0. The number of anilines is 1. The highest BCUT2D eigenvalue weighted by atomic mass is 79.9. The van der Waals surface area contributed by atoms with E-state index >= 15 is 0 Å². The Morgan fingerprint density at radius 1 is 1.29 bits per heavy atom. The maximum Gasteiger partial charge on any atom is 0.124 e. The van der Waals surface area contributed by atoms with E-state index in [1.807, 2.05) is 24.3 Å². The average Bonchev–Trinajstić information content (AvgIpc) is 2.49. The lowest BCUT2D eigenvalue weighted by molar-refractivity contribution is 0.274. The first-order valence-electron chi connectivity index (χ1n) is 6.56. The summed E-state index contributed by atoms with van der Waals surface area (Å²) >= 11 is 3.46. The predicted molar refractivity (Wildman–Crippen MR) is 81.7 cm³/mol. The van der Waals surface area contributed by atoms with Crippen molar-refractivity contribution < 1.29 is 9.13 Å². The highest BCUT2D eigenvalue weighted by Crippen LogP contribution is 2.36. The summed E-state index contributed by atoms with van der Waals surface area (Å²) in [5.74, 6) is 0.426. The molecule has 1 aliphatic rings. The Bertz CT molecular complexity index is 727. The lowest BCUT2D eigenvalue weighted by Crippen LogP contribution is -2.20. The predicted octanol–water partition coefficient (Wildman–Crippen LogP) is 4.40. The molecule has 1 atom stereocenters. The monoisotopic (exact) mass is 346 g/mol. The van der Waals surface area contributed by atoms with Gasteiger partial charge in [-0.1, -0.05) is 15.9 Å². The summed E-state index contributed by atoms with van der Waals surface area (Å²) in [6.45, 7) is 0.607.